The number of rotatable bonds is 5. The van der Waals surface area contributed by atoms with Crippen molar-refractivity contribution in [3.05, 3.63) is 60.7 Å². The summed E-state index contributed by atoms with van der Waals surface area (Å²) in [5.41, 5.74) is 1.39. The van der Waals surface area contributed by atoms with Crippen LogP contribution in [0.1, 0.15) is 5.56 Å². The summed E-state index contributed by atoms with van der Waals surface area (Å²) in [6.45, 7) is 7.41. The highest BCUT2D eigenvalue weighted by molar-refractivity contribution is 5.77. The van der Waals surface area contributed by atoms with Gasteiger partial charge in [0.05, 0.1) is 11.1 Å². The largest absolute Gasteiger partial charge is 0.508 e. The van der Waals surface area contributed by atoms with Gasteiger partial charge in [-0.25, -0.2) is 0 Å². The molecule has 0 fully saturated rings. The Balaban J connectivity index is 2.73. The smallest absolute Gasteiger partial charge is 0.316 e. The van der Waals surface area contributed by atoms with E-state index in [0.29, 0.717) is 5.56 Å². The lowest BCUT2D eigenvalue weighted by molar-refractivity contribution is -0.469. The third-order valence-corrected chi connectivity index (χ3v) is 2.07. The number of aldehydes is 1. The minimum atomic E-state index is 0.00579. The number of hydrogen-bond donors (Lipinski definition) is 2. The zero-order chi connectivity index (χ0) is 12.7. The lowest BCUT2D eigenvalue weighted by Gasteiger charge is -1.96. The molecule has 0 aromatic heterocycles. The summed E-state index contributed by atoms with van der Waals surface area (Å²) < 4.78 is 5.29. The molecule has 0 unspecified atom stereocenters. The standard InChI is InChI=1S/C14H14O3/c1-3-5-11(4-2)9-17-10-12-6-7-13(15)8-14(12)16/h3-9H,1-2,10H2,(H-,15,16)/p+1/b11-5+. The molecule has 0 aliphatic carbocycles. The average Bonchev–Trinajstić information content (AvgIpc) is 2.30. The van der Waals surface area contributed by atoms with Crippen LogP contribution in [0.4, 0.5) is 0 Å². The summed E-state index contributed by atoms with van der Waals surface area (Å²) in [5.74, 6) is 0.0276. The number of phenolic OH excluding ortho intramolecular Hbond substituents is 2. The summed E-state index contributed by atoms with van der Waals surface area (Å²) in [6.07, 6.45) is 6.55. The minimum absolute atomic E-state index is 0.00579. The van der Waals surface area contributed by atoms with Gasteiger partial charge in [0.25, 0.3) is 6.61 Å². The van der Waals surface area contributed by atoms with Crippen molar-refractivity contribution >= 4 is 6.29 Å². The van der Waals surface area contributed by atoms with Crippen LogP contribution in [0.15, 0.2) is 55.2 Å². The van der Waals surface area contributed by atoms with Crippen LogP contribution in [-0.4, -0.2) is 16.5 Å². The predicted molar refractivity (Wildman–Crippen MR) is 68.0 cm³/mol. The van der Waals surface area contributed by atoms with E-state index in [1.807, 2.05) is 0 Å². The van der Waals surface area contributed by atoms with Gasteiger partial charge in [-0.1, -0.05) is 25.3 Å². The van der Waals surface area contributed by atoms with Crippen LogP contribution in [-0.2, 0) is 11.0 Å². The van der Waals surface area contributed by atoms with Gasteiger partial charge in [-0.15, -0.1) is 0 Å². The summed E-state index contributed by atoms with van der Waals surface area (Å²) in [6, 6.07) is 4.36. The van der Waals surface area contributed by atoms with E-state index in [1.165, 1.54) is 18.4 Å². The topological polar surface area (TPSA) is 51.8 Å². The van der Waals surface area contributed by atoms with E-state index in [4.69, 9.17) is 9.53 Å². The van der Waals surface area contributed by atoms with Crippen LogP contribution >= 0.6 is 0 Å². The molecule has 0 bridgehead atoms. The van der Waals surface area contributed by atoms with Crippen molar-refractivity contribution < 1.29 is 14.6 Å². The molecule has 3 heteroatoms. The fourth-order valence-corrected chi connectivity index (χ4v) is 1.19. The van der Waals surface area contributed by atoms with Gasteiger partial charge in [0.1, 0.15) is 11.5 Å². The van der Waals surface area contributed by atoms with E-state index in [-0.39, 0.29) is 18.1 Å². The van der Waals surface area contributed by atoms with E-state index in [1.54, 1.807) is 24.3 Å². The van der Waals surface area contributed by atoms with E-state index >= 15 is 0 Å². The maximum atomic E-state index is 9.51. The monoisotopic (exact) mass is 231 g/mol. The maximum absolute atomic E-state index is 9.51. The Morgan fingerprint density at radius 1 is 1.29 bits per heavy atom. The van der Waals surface area contributed by atoms with Gasteiger partial charge in [-0.2, -0.15) is 0 Å². The summed E-state index contributed by atoms with van der Waals surface area (Å²) in [5, 5.41) is 18.6. The third-order valence-electron chi connectivity index (χ3n) is 2.07. The molecule has 0 aliphatic heterocycles. The molecular formula is C14H15O3+. The molecule has 1 rings (SSSR count). The van der Waals surface area contributed by atoms with Crippen LogP contribution in [0, 0.1) is 0 Å². The van der Waals surface area contributed by atoms with Crippen molar-refractivity contribution in [2.24, 2.45) is 0 Å². The molecule has 0 atom stereocenters. The summed E-state index contributed by atoms with van der Waals surface area (Å²) >= 11 is 0. The maximum Gasteiger partial charge on any atom is 0.316 e. The quantitative estimate of drug-likeness (QED) is 0.354. The van der Waals surface area contributed by atoms with Crippen LogP contribution in [0.25, 0.3) is 0 Å². The fraction of sp³-hybridized carbons (Fsp3) is 0.0714. The number of hydrogen-bond acceptors (Lipinski definition) is 2. The first-order valence-electron chi connectivity index (χ1n) is 5.08. The van der Waals surface area contributed by atoms with E-state index < -0.39 is 0 Å². The Kier molecular flexibility index (Phi) is 4.76. The summed E-state index contributed by atoms with van der Waals surface area (Å²) in [4.78, 5) is 0. The molecule has 0 amide bonds. The molecule has 88 valence electrons. The predicted octanol–water partition coefficient (Wildman–Crippen LogP) is 2.63. The zero-order valence-corrected chi connectivity index (χ0v) is 9.47. The van der Waals surface area contributed by atoms with Gasteiger partial charge in [-0.3, -0.25) is 4.42 Å². The first-order valence-corrected chi connectivity index (χ1v) is 5.08. The third kappa shape index (κ3) is 3.99. The molecule has 0 heterocycles. The number of benzene rings is 1. The van der Waals surface area contributed by atoms with E-state index in [9.17, 15) is 5.11 Å². The highest BCUT2D eigenvalue weighted by atomic mass is 16.4. The van der Waals surface area contributed by atoms with Gasteiger partial charge < -0.3 is 10.2 Å². The van der Waals surface area contributed by atoms with E-state index in [0.717, 1.165) is 5.57 Å². The Hall–Kier alpha value is -2.29. The van der Waals surface area contributed by atoms with Crippen molar-refractivity contribution in [2.45, 2.75) is 6.61 Å². The Labute approximate surface area is 100 Å². The molecular weight excluding hydrogens is 216 g/mol. The van der Waals surface area contributed by atoms with Crippen LogP contribution in [0.3, 0.4) is 0 Å². The Bertz CT molecular complexity index is 470. The highest BCUT2D eigenvalue weighted by Crippen LogP contribution is 2.22. The van der Waals surface area contributed by atoms with Crippen LogP contribution in [0.2, 0.25) is 0 Å². The summed E-state index contributed by atoms with van der Waals surface area (Å²) in [7, 11) is 0. The Morgan fingerprint density at radius 2 is 2.06 bits per heavy atom. The van der Waals surface area contributed by atoms with Gasteiger partial charge in [0, 0.05) is 6.07 Å². The molecule has 3 nitrogen and oxygen atoms in total. The second-order valence-corrected chi connectivity index (χ2v) is 3.35. The molecule has 17 heavy (non-hydrogen) atoms. The lowest BCUT2D eigenvalue weighted by atomic mass is 10.2. The lowest BCUT2D eigenvalue weighted by Crippen LogP contribution is -1.89. The fourth-order valence-electron chi connectivity index (χ4n) is 1.19. The van der Waals surface area contributed by atoms with Gasteiger partial charge in [-0.05, 0) is 18.2 Å². The average molecular weight is 231 g/mol. The second kappa shape index (κ2) is 6.33. The number of carbonyl (C=O) groups excluding carboxylic acids is 1. The van der Waals surface area contributed by atoms with Gasteiger partial charge >= 0.3 is 6.29 Å². The molecule has 0 aliphatic rings. The van der Waals surface area contributed by atoms with Crippen molar-refractivity contribution in [3.8, 4) is 11.5 Å². The van der Waals surface area contributed by atoms with E-state index in [2.05, 4.69) is 13.2 Å². The number of allylic oxidation sites excluding steroid dienone is 4. The first-order chi connectivity index (χ1) is 8.17. The molecule has 0 saturated carbocycles. The molecule has 0 radical (unpaired) electrons. The highest BCUT2D eigenvalue weighted by Gasteiger charge is 2.06. The Morgan fingerprint density at radius 3 is 2.65 bits per heavy atom. The van der Waals surface area contributed by atoms with Crippen molar-refractivity contribution in [3.63, 3.8) is 0 Å². The zero-order valence-electron chi connectivity index (χ0n) is 9.47. The van der Waals surface area contributed by atoms with Gasteiger partial charge in [0.2, 0.25) is 0 Å². The number of phenols is 2. The molecule has 0 saturated heterocycles. The molecule has 1 aromatic rings. The molecule has 1 aromatic carbocycles. The van der Waals surface area contributed by atoms with Crippen LogP contribution < -0.4 is 0 Å². The SMILES string of the molecule is C=C/C=C(\C=C)C=[O+]Cc1ccc(O)cc1O. The minimum Gasteiger partial charge on any atom is -0.508 e. The van der Waals surface area contributed by atoms with Crippen molar-refractivity contribution in [1.29, 1.82) is 0 Å². The molecule has 2 N–H and O–H groups in total. The van der Waals surface area contributed by atoms with Crippen molar-refractivity contribution in [1.82, 2.24) is 0 Å². The second-order valence-electron chi connectivity index (χ2n) is 3.35. The van der Waals surface area contributed by atoms with Crippen LogP contribution in [0.5, 0.6) is 11.5 Å². The normalized spacial score (nSPS) is 11.6. The molecule has 0 spiro atoms. The first kappa shape index (κ1) is 12.8. The van der Waals surface area contributed by atoms with Gasteiger partial charge in [0.15, 0.2) is 0 Å². The van der Waals surface area contributed by atoms with Crippen molar-refractivity contribution in [2.75, 3.05) is 0 Å². The number of aromatic hydroxyl groups is 2.